The molecule has 0 aromatic heterocycles. The van der Waals surface area contributed by atoms with Crippen molar-refractivity contribution >= 4 is 18.1 Å². The first-order valence-corrected chi connectivity index (χ1v) is 11.3. The molecule has 0 bridgehead atoms. The van der Waals surface area contributed by atoms with Gasteiger partial charge in [-0.05, 0) is 73.5 Å². The molecule has 1 amide bonds. The van der Waals surface area contributed by atoms with Gasteiger partial charge in [0.15, 0.2) is 18.1 Å². The highest BCUT2D eigenvalue weighted by Gasteiger charge is 2.13. The number of hydrogen-bond acceptors (Lipinski definition) is 7. The van der Waals surface area contributed by atoms with Crippen LogP contribution in [0.1, 0.15) is 36.2 Å². The Morgan fingerprint density at radius 3 is 2.31 bits per heavy atom. The van der Waals surface area contributed by atoms with E-state index in [1.807, 2.05) is 32.0 Å². The number of ether oxygens (including phenoxy) is 4. The van der Waals surface area contributed by atoms with Crippen LogP contribution in [0.4, 0.5) is 0 Å². The van der Waals surface area contributed by atoms with Crippen molar-refractivity contribution < 1.29 is 28.5 Å². The van der Waals surface area contributed by atoms with Crippen LogP contribution in [0.3, 0.4) is 0 Å². The number of nitrogens with one attached hydrogen (secondary N) is 1. The highest BCUT2D eigenvalue weighted by atomic mass is 16.6. The summed E-state index contributed by atoms with van der Waals surface area (Å²) in [5, 5.41) is 3.94. The minimum absolute atomic E-state index is 0.161. The molecule has 182 valence electrons. The van der Waals surface area contributed by atoms with Gasteiger partial charge in [-0.2, -0.15) is 5.10 Å². The second-order valence-electron chi connectivity index (χ2n) is 7.30. The van der Waals surface area contributed by atoms with Gasteiger partial charge in [0.25, 0.3) is 5.91 Å². The van der Waals surface area contributed by atoms with E-state index in [-0.39, 0.29) is 12.4 Å². The van der Waals surface area contributed by atoms with E-state index in [2.05, 4.69) is 10.5 Å². The van der Waals surface area contributed by atoms with Crippen LogP contribution in [0.15, 0.2) is 77.9 Å². The van der Waals surface area contributed by atoms with Crippen molar-refractivity contribution in [1.82, 2.24) is 5.43 Å². The number of esters is 1. The van der Waals surface area contributed by atoms with Crippen molar-refractivity contribution in [2.24, 2.45) is 5.10 Å². The molecule has 0 spiro atoms. The van der Waals surface area contributed by atoms with Crippen LogP contribution in [0, 0.1) is 0 Å². The highest BCUT2D eigenvalue weighted by molar-refractivity contribution is 5.92. The summed E-state index contributed by atoms with van der Waals surface area (Å²) in [5.41, 5.74) is 3.45. The lowest BCUT2D eigenvalue weighted by Crippen LogP contribution is -2.24. The van der Waals surface area contributed by atoms with Gasteiger partial charge < -0.3 is 18.9 Å². The zero-order valence-corrected chi connectivity index (χ0v) is 19.7. The first kappa shape index (κ1) is 25.3. The van der Waals surface area contributed by atoms with E-state index in [1.54, 1.807) is 54.6 Å². The normalized spacial score (nSPS) is 10.6. The van der Waals surface area contributed by atoms with E-state index in [4.69, 9.17) is 18.9 Å². The molecule has 8 nitrogen and oxygen atoms in total. The minimum atomic E-state index is -0.514. The molecule has 3 rings (SSSR count). The largest absolute Gasteiger partial charge is 0.494 e. The average molecular weight is 477 g/mol. The molecule has 0 fully saturated rings. The monoisotopic (exact) mass is 476 g/mol. The van der Waals surface area contributed by atoms with Crippen molar-refractivity contribution in [2.75, 3.05) is 19.8 Å². The summed E-state index contributed by atoms with van der Waals surface area (Å²) in [6.07, 6.45) is 2.36. The summed E-state index contributed by atoms with van der Waals surface area (Å²) in [6.45, 7) is 4.68. The van der Waals surface area contributed by atoms with Gasteiger partial charge in [-0.3, -0.25) is 4.79 Å². The molecule has 0 saturated carbocycles. The van der Waals surface area contributed by atoms with Crippen LogP contribution in [0.5, 0.6) is 23.0 Å². The van der Waals surface area contributed by atoms with Gasteiger partial charge in [0.05, 0.1) is 25.0 Å². The van der Waals surface area contributed by atoms with E-state index >= 15 is 0 Å². The van der Waals surface area contributed by atoms with Crippen molar-refractivity contribution in [3.8, 4) is 23.0 Å². The van der Waals surface area contributed by atoms with Gasteiger partial charge in [-0.15, -0.1) is 0 Å². The number of hydrazone groups is 1. The van der Waals surface area contributed by atoms with Crippen molar-refractivity contribution in [1.29, 1.82) is 0 Å². The Labute approximate surface area is 204 Å². The third kappa shape index (κ3) is 8.19. The third-order valence-corrected chi connectivity index (χ3v) is 4.55. The number of nitrogens with zero attached hydrogens (tertiary/aromatic N) is 1. The summed E-state index contributed by atoms with van der Waals surface area (Å²) >= 11 is 0. The first-order chi connectivity index (χ1) is 17.1. The van der Waals surface area contributed by atoms with E-state index < -0.39 is 11.9 Å². The van der Waals surface area contributed by atoms with Crippen LogP contribution in [-0.2, 0) is 4.79 Å². The summed E-state index contributed by atoms with van der Waals surface area (Å²) in [7, 11) is 0. The minimum Gasteiger partial charge on any atom is -0.494 e. The molecule has 0 aliphatic rings. The van der Waals surface area contributed by atoms with Gasteiger partial charge in [-0.25, -0.2) is 10.2 Å². The maximum Gasteiger partial charge on any atom is 0.343 e. The lowest BCUT2D eigenvalue weighted by molar-refractivity contribution is -0.123. The summed E-state index contributed by atoms with van der Waals surface area (Å²) in [4.78, 5) is 24.5. The molecule has 0 radical (unpaired) electrons. The molecule has 0 saturated heterocycles. The van der Waals surface area contributed by atoms with Gasteiger partial charge in [-0.1, -0.05) is 25.1 Å². The number of hydrogen-bond donors (Lipinski definition) is 1. The Morgan fingerprint density at radius 2 is 1.60 bits per heavy atom. The molecule has 0 atom stereocenters. The molecule has 1 N–H and O–H groups in total. The van der Waals surface area contributed by atoms with Crippen LogP contribution >= 0.6 is 0 Å². The molecule has 3 aromatic carbocycles. The zero-order valence-electron chi connectivity index (χ0n) is 19.7. The summed E-state index contributed by atoms with van der Waals surface area (Å²) < 4.78 is 22.1. The van der Waals surface area contributed by atoms with E-state index in [0.29, 0.717) is 41.6 Å². The fourth-order valence-electron chi connectivity index (χ4n) is 2.90. The maximum atomic E-state index is 12.6. The Hall–Kier alpha value is -4.33. The fourth-order valence-corrected chi connectivity index (χ4v) is 2.90. The number of benzene rings is 3. The first-order valence-electron chi connectivity index (χ1n) is 11.3. The standard InChI is InChI=1S/C27H28N2O6/c1-3-16-33-23-13-11-21(12-14-23)27(31)35-24-15-10-20(17-25(24)32-4-2)18-28-29-26(30)19-34-22-8-6-5-7-9-22/h5-15,17-18H,3-4,16,19H2,1-2H3,(H,29,30)/b28-18-. The molecular weight excluding hydrogens is 448 g/mol. The van der Waals surface area contributed by atoms with Crippen molar-refractivity contribution in [2.45, 2.75) is 20.3 Å². The Morgan fingerprint density at radius 1 is 0.857 bits per heavy atom. The number of carbonyl (C=O) groups is 2. The highest BCUT2D eigenvalue weighted by Crippen LogP contribution is 2.29. The lowest BCUT2D eigenvalue weighted by atomic mass is 10.2. The number of amides is 1. The van der Waals surface area contributed by atoms with E-state index in [1.165, 1.54) is 6.21 Å². The zero-order chi connectivity index (χ0) is 24.9. The summed E-state index contributed by atoms with van der Waals surface area (Å²) in [6, 6.07) is 20.8. The van der Waals surface area contributed by atoms with E-state index in [0.717, 1.165) is 6.42 Å². The van der Waals surface area contributed by atoms with Crippen molar-refractivity contribution in [3.63, 3.8) is 0 Å². The Balaban J connectivity index is 1.58. The van der Waals surface area contributed by atoms with Gasteiger partial charge >= 0.3 is 5.97 Å². The summed E-state index contributed by atoms with van der Waals surface area (Å²) in [5.74, 6) is 1.04. The van der Waals surface area contributed by atoms with Gasteiger partial charge in [0, 0.05) is 0 Å². The topological polar surface area (TPSA) is 95.5 Å². The molecule has 0 aliphatic carbocycles. The molecule has 3 aromatic rings. The van der Waals surface area contributed by atoms with Crippen molar-refractivity contribution in [3.05, 3.63) is 83.9 Å². The van der Waals surface area contributed by atoms with Crippen LogP contribution < -0.4 is 24.4 Å². The van der Waals surface area contributed by atoms with Crippen LogP contribution in [0.25, 0.3) is 0 Å². The molecule has 35 heavy (non-hydrogen) atoms. The smallest absolute Gasteiger partial charge is 0.343 e. The number of rotatable bonds is 12. The quantitative estimate of drug-likeness (QED) is 0.177. The lowest BCUT2D eigenvalue weighted by Gasteiger charge is -2.12. The second-order valence-corrected chi connectivity index (χ2v) is 7.30. The maximum absolute atomic E-state index is 12.6. The number of para-hydroxylation sites is 1. The molecular formula is C27H28N2O6. The van der Waals surface area contributed by atoms with E-state index in [9.17, 15) is 9.59 Å². The third-order valence-electron chi connectivity index (χ3n) is 4.55. The Kier molecular flexibility index (Phi) is 9.68. The van der Waals surface area contributed by atoms with Crippen LogP contribution in [-0.4, -0.2) is 37.9 Å². The molecule has 0 aliphatic heterocycles. The predicted octanol–water partition coefficient (Wildman–Crippen LogP) is 4.62. The molecule has 0 unspecified atom stereocenters. The van der Waals surface area contributed by atoms with Crippen LogP contribution in [0.2, 0.25) is 0 Å². The Bertz CT molecular complexity index is 1130. The predicted molar refractivity (Wildman–Crippen MR) is 132 cm³/mol. The second kappa shape index (κ2) is 13.4. The fraction of sp³-hybridized carbons (Fsp3) is 0.222. The van der Waals surface area contributed by atoms with Gasteiger partial charge in [0.2, 0.25) is 0 Å². The van der Waals surface area contributed by atoms with Gasteiger partial charge in [0.1, 0.15) is 11.5 Å². The number of carbonyl (C=O) groups excluding carboxylic acids is 2. The molecule has 0 heterocycles. The SMILES string of the molecule is CCCOc1ccc(C(=O)Oc2ccc(/C=N\NC(=O)COc3ccccc3)cc2OCC)cc1. The average Bonchev–Trinajstić information content (AvgIpc) is 2.88. The molecule has 8 heteroatoms.